The predicted octanol–water partition coefficient (Wildman–Crippen LogP) is 10.8. The van der Waals surface area contributed by atoms with Crippen LogP contribution in [0.4, 0.5) is 0 Å². The number of hydrogen-bond acceptors (Lipinski definition) is 4. The van der Waals surface area contributed by atoms with Crippen molar-refractivity contribution in [3.63, 3.8) is 0 Å². The standard InChI is InChI=1S/C36H58N2O2/c1-3-5-7-9-11-13-15-17-19-21-29-39-35-27-23-31-32-24-28-36(38-34(32)26-25-33(31)37-35)40-30-22-20-18-16-14-12-10-8-6-4-2/h23-24,27-28H,3-22,25-26,29-30H2,1-2H3. The van der Waals surface area contributed by atoms with Crippen LogP contribution in [-0.2, 0) is 12.8 Å². The lowest BCUT2D eigenvalue weighted by Crippen LogP contribution is -2.10. The van der Waals surface area contributed by atoms with Crippen molar-refractivity contribution in [2.75, 3.05) is 13.2 Å². The van der Waals surface area contributed by atoms with Gasteiger partial charge in [-0.2, -0.15) is 0 Å². The van der Waals surface area contributed by atoms with Crippen LogP contribution in [0.3, 0.4) is 0 Å². The summed E-state index contributed by atoms with van der Waals surface area (Å²) in [6.07, 6.45) is 28.6. The van der Waals surface area contributed by atoms with Gasteiger partial charge in [0.2, 0.25) is 11.8 Å². The van der Waals surface area contributed by atoms with Crippen LogP contribution < -0.4 is 9.47 Å². The minimum absolute atomic E-state index is 0.764. The molecule has 0 radical (unpaired) electrons. The predicted molar refractivity (Wildman–Crippen MR) is 170 cm³/mol. The highest BCUT2D eigenvalue weighted by molar-refractivity contribution is 5.71. The van der Waals surface area contributed by atoms with E-state index in [2.05, 4.69) is 26.0 Å². The number of unbranched alkanes of at least 4 members (excludes halogenated alkanes) is 18. The van der Waals surface area contributed by atoms with E-state index in [0.717, 1.165) is 62.0 Å². The molecule has 0 saturated heterocycles. The number of aromatic nitrogens is 2. The molecule has 2 heterocycles. The first-order valence-corrected chi connectivity index (χ1v) is 17.1. The van der Waals surface area contributed by atoms with E-state index in [1.54, 1.807) is 0 Å². The summed E-state index contributed by atoms with van der Waals surface area (Å²) in [6.45, 7) is 6.09. The summed E-state index contributed by atoms with van der Waals surface area (Å²) in [4.78, 5) is 9.69. The van der Waals surface area contributed by atoms with Gasteiger partial charge < -0.3 is 9.47 Å². The first kappa shape index (κ1) is 32.4. The minimum Gasteiger partial charge on any atom is -0.478 e. The Balaban J connectivity index is 1.29. The zero-order valence-electron chi connectivity index (χ0n) is 26.0. The average Bonchev–Trinajstić information content (AvgIpc) is 2.98. The quantitative estimate of drug-likeness (QED) is 0.122. The van der Waals surface area contributed by atoms with E-state index in [1.165, 1.54) is 127 Å². The van der Waals surface area contributed by atoms with Crippen molar-refractivity contribution < 1.29 is 9.47 Å². The first-order chi connectivity index (χ1) is 19.8. The normalized spacial score (nSPS) is 12.2. The third-order valence-corrected chi connectivity index (χ3v) is 8.28. The Morgan fingerprint density at radius 1 is 0.450 bits per heavy atom. The Kier molecular flexibility index (Phi) is 16.8. The molecule has 0 spiro atoms. The fourth-order valence-electron chi connectivity index (χ4n) is 5.76. The van der Waals surface area contributed by atoms with Crippen molar-refractivity contribution in [3.05, 3.63) is 35.7 Å². The Morgan fingerprint density at radius 3 is 1.12 bits per heavy atom. The second-order valence-corrected chi connectivity index (χ2v) is 11.8. The van der Waals surface area contributed by atoms with Gasteiger partial charge in [0.15, 0.2) is 0 Å². The molecule has 0 saturated carbocycles. The molecule has 224 valence electrons. The van der Waals surface area contributed by atoms with Gasteiger partial charge in [0.1, 0.15) is 0 Å². The molecule has 0 fully saturated rings. The van der Waals surface area contributed by atoms with Gasteiger partial charge in [-0.05, 0) is 37.8 Å². The van der Waals surface area contributed by atoms with E-state index in [1.807, 2.05) is 12.1 Å². The van der Waals surface area contributed by atoms with E-state index in [9.17, 15) is 0 Å². The van der Waals surface area contributed by atoms with Gasteiger partial charge in [-0.25, -0.2) is 9.97 Å². The maximum atomic E-state index is 6.01. The smallest absolute Gasteiger partial charge is 0.213 e. The number of nitrogens with zero attached hydrogens (tertiary/aromatic N) is 2. The zero-order valence-corrected chi connectivity index (χ0v) is 26.0. The molecule has 0 N–H and O–H groups in total. The van der Waals surface area contributed by atoms with E-state index in [-0.39, 0.29) is 0 Å². The molecule has 2 aromatic rings. The van der Waals surface area contributed by atoms with Crippen LogP contribution in [0.1, 0.15) is 154 Å². The Morgan fingerprint density at radius 2 is 0.775 bits per heavy atom. The van der Waals surface area contributed by atoms with Gasteiger partial charge in [-0.15, -0.1) is 0 Å². The fourth-order valence-corrected chi connectivity index (χ4v) is 5.76. The van der Waals surface area contributed by atoms with Gasteiger partial charge in [-0.1, -0.05) is 129 Å². The molecule has 0 unspecified atom stereocenters. The van der Waals surface area contributed by atoms with Gasteiger partial charge in [0.25, 0.3) is 0 Å². The highest BCUT2D eigenvalue weighted by Crippen LogP contribution is 2.34. The Labute approximate surface area is 246 Å². The number of hydrogen-bond donors (Lipinski definition) is 0. The van der Waals surface area contributed by atoms with Crippen LogP contribution in [0.2, 0.25) is 0 Å². The second-order valence-electron chi connectivity index (χ2n) is 11.8. The maximum absolute atomic E-state index is 6.01. The summed E-state index contributed by atoms with van der Waals surface area (Å²) in [5, 5.41) is 0. The third-order valence-electron chi connectivity index (χ3n) is 8.28. The van der Waals surface area contributed by atoms with E-state index in [4.69, 9.17) is 19.4 Å². The second kappa shape index (κ2) is 20.7. The summed E-state index contributed by atoms with van der Waals surface area (Å²) < 4.78 is 12.0. The summed E-state index contributed by atoms with van der Waals surface area (Å²) in [7, 11) is 0. The fraction of sp³-hybridized carbons (Fsp3) is 0.722. The first-order valence-electron chi connectivity index (χ1n) is 17.1. The molecule has 2 aromatic heterocycles. The lowest BCUT2D eigenvalue weighted by atomic mass is 9.92. The summed E-state index contributed by atoms with van der Waals surface area (Å²) in [5.41, 5.74) is 4.66. The van der Waals surface area contributed by atoms with Gasteiger partial charge >= 0.3 is 0 Å². The lowest BCUT2D eigenvalue weighted by Gasteiger charge is -2.19. The molecule has 4 nitrogen and oxygen atoms in total. The van der Waals surface area contributed by atoms with Crippen molar-refractivity contribution in [3.8, 4) is 22.9 Å². The molecule has 40 heavy (non-hydrogen) atoms. The number of fused-ring (bicyclic) bond motifs is 3. The monoisotopic (exact) mass is 550 g/mol. The molecular weight excluding hydrogens is 492 g/mol. The van der Waals surface area contributed by atoms with Crippen molar-refractivity contribution in [2.24, 2.45) is 0 Å². The Bertz CT molecular complexity index is 854. The maximum Gasteiger partial charge on any atom is 0.213 e. The summed E-state index contributed by atoms with van der Waals surface area (Å²) >= 11 is 0. The largest absolute Gasteiger partial charge is 0.478 e. The molecule has 0 aliphatic heterocycles. The molecule has 0 atom stereocenters. The third kappa shape index (κ3) is 12.6. The highest BCUT2D eigenvalue weighted by Gasteiger charge is 2.20. The van der Waals surface area contributed by atoms with Gasteiger partial charge in [0.05, 0.1) is 24.6 Å². The van der Waals surface area contributed by atoms with Crippen LogP contribution in [0.25, 0.3) is 11.1 Å². The van der Waals surface area contributed by atoms with Gasteiger partial charge in [0, 0.05) is 23.3 Å². The molecule has 1 aliphatic carbocycles. The Hall–Kier alpha value is -2.10. The van der Waals surface area contributed by atoms with Crippen molar-refractivity contribution in [2.45, 2.75) is 155 Å². The van der Waals surface area contributed by atoms with Crippen LogP contribution in [-0.4, -0.2) is 23.2 Å². The topological polar surface area (TPSA) is 44.2 Å². The average molecular weight is 551 g/mol. The molecular formula is C36H58N2O2. The highest BCUT2D eigenvalue weighted by atomic mass is 16.5. The van der Waals surface area contributed by atoms with Crippen molar-refractivity contribution >= 4 is 0 Å². The molecule has 3 rings (SSSR count). The van der Waals surface area contributed by atoms with E-state index in [0.29, 0.717) is 0 Å². The van der Waals surface area contributed by atoms with Crippen LogP contribution in [0.15, 0.2) is 24.3 Å². The van der Waals surface area contributed by atoms with Crippen LogP contribution in [0.5, 0.6) is 11.8 Å². The molecule has 1 aliphatic rings. The van der Waals surface area contributed by atoms with Gasteiger partial charge in [-0.3, -0.25) is 0 Å². The summed E-state index contributed by atoms with van der Waals surface area (Å²) in [6, 6.07) is 8.39. The summed E-state index contributed by atoms with van der Waals surface area (Å²) in [5.74, 6) is 1.53. The van der Waals surface area contributed by atoms with Crippen molar-refractivity contribution in [1.82, 2.24) is 9.97 Å². The number of rotatable bonds is 24. The SMILES string of the molecule is CCCCCCCCCCCCOc1ccc2c(n1)CCc1nc(OCCCCCCCCCCCC)ccc1-2. The zero-order chi connectivity index (χ0) is 28.1. The molecule has 0 bridgehead atoms. The molecule has 0 aromatic carbocycles. The van der Waals surface area contributed by atoms with Crippen molar-refractivity contribution in [1.29, 1.82) is 0 Å². The van der Waals surface area contributed by atoms with Crippen LogP contribution >= 0.6 is 0 Å². The molecule has 0 amide bonds. The molecule has 4 heteroatoms. The van der Waals surface area contributed by atoms with E-state index >= 15 is 0 Å². The van der Waals surface area contributed by atoms with E-state index < -0.39 is 0 Å². The number of aryl methyl sites for hydroxylation is 2. The number of ether oxygens (including phenoxy) is 2. The number of pyridine rings is 2. The van der Waals surface area contributed by atoms with Crippen LogP contribution in [0, 0.1) is 0 Å². The lowest BCUT2D eigenvalue weighted by molar-refractivity contribution is 0.291. The minimum atomic E-state index is 0.764.